The van der Waals surface area contributed by atoms with E-state index in [1.165, 1.54) is 22.9 Å². The van der Waals surface area contributed by atoms with Crippen LogP contribution in [-0.4, -0.2) is 25.2 Å². The fraction of sp³-hybridized carbons (Fsp3) is 0.429. The van der Waals surface area contributed by atoms with Crippen molar-refractivity contribution in [1.82, 2.24) is 24.6 Å². The molecule has 0 aromatic carbocycles. The van der Waals surface area contributed by atoms with E-state index in [4.69, 9.17) is 0 Å². The van der Waals surface area contributed by atoms with Crippen molar-refractivity contribution < 1.29 is 4.79 Å². The van der Waals surface area contributed by atoms with Gasteiger partial charge in [-0.1, -0.05) is 6.92 Å². The molecule has 0 aliphatic rings. The Labute approximate surface area is 122 Å². The van der Waals surface area contributed by atoms with Crippen molar-refractivity contribution in [2.75, 3.05) is 0 Å². The van der Waals surface area contributed by atoms with Crippen molar-refractivity contribution in [1.29, 1.82) is 0 Å². The maximum Gasteiger partial charge on any atom is 0.253 e. The van der Waals surface area contributed by atoms with Gasteiger partial charge in [-0.2, -0.15) is 0 Å². The van der Waals surface area contributed by atoms with Crippen LogP contribution in [0.15, 0.2) is 29.5 Å². The molecule has 112 valence electrons. The minimum absolute atomic E-state index is 0.151. The molecule has 0 saturated carbocycles. The summed E-state index contributed by atoms with van der Waals surface area (Å²) in [5.74, 6) is 0.471. The molecule has 21 heavy (non-hydrogen) atoms. The number of pyridine rings is 1. The smallest absolute Gasteiger partial charge is 0.253 e. The molecule has 1 atom stereocenters. The largest absolute Gasteiger partial charge is 0.342 e. The van der Waals surface area contributed by atoms with Gasteiger partial charge >= 0.3 is 0 Å². The molecular formula is C14H19N5O2. The van der Waals surface area contributed by atoms with Crippen LogP contribution in [0.4, 0.5) is 0 Å². The number of carbonyl (C=O) groups excluding carboxylic acids is 1. The lowest BCUT2D eigenvalue weighted by atomic mass is 10.2. The topological polar surface area (TPSA) is 81.8 Å². The summed E-state index contributed by atoms with van der Waals surface area (Å²) in [6.45, 7) is 4.73. The van der Waals surface area contributed by atoms with E-state index >= 15 is 0 Å². The fourth-order valence-corrected chi connectivity index (χ4v) is 2.09. The van der Waals surface area contributed by atoms with Crippen molar-refractivity contribution in [2.24, 2.45) is 7.05 Å². The molecule has 2 rings (SSSR count). The van der Waals surface area contributed by atoms with Crippen LogP contribution < -0.4 is 10.9 Å². The van der Waals surface area contributed by atoms with Gasteiger partial charge in [-0.25, -0.2) is 0 Å². The van der Waals surface area contributed by atoms with E-state index in [1.807, 2.05) is 11.5 Å². The van der Waals surface area contributed by atoms with Gasteiger partial charge in [0.1, 0.15) is 6.33 Å². The normalized spacial score (nSPS) is 12.1. The molecule has 2 heterocycles. The van der Waals surface area contributed by atoms with E-state index in [0.29, 0.717) is 5.56 Å². The molecule has 0 saturated heterocycles. The third-order valence-electron chi connectivity index (χ3n) is 3.19. The van der Waals surface area contributed by atoms with Crippen molar-refractivity contribution >= 4 is 5.91 Å². The molecule has 7 nitrogen and oxygen atoms in total. The van der Waals surface area contributed by atoms with Crippen molar-refractivity contribution in [3.05, 3.63) is 46.4 Å². The van der Waals surface area contributed by atoms with E-state index in [0.717, 1.165) is 18.8 Å². The Balaban J connectivity index is 2.13. The van der Waals surface area contributed by atoms with E-state index in [2.05, 4.69) is 22.4 Å². The second kappa shape index (κ2) is 6.34. The second-order valence-electron chi connectivity index (χ2n) is 4.94. The first-order chi connectivity index (χ1) is 10.0. The summed E-state index contributed by atoms with van der Waals surface area (Å²) in [6, 6.07) is 2.63. The highest BCUT2D eigenvalue weighted by Gasteiger charge is 2.16. The summed E-state index contributed by atoms with van der Waals surface area (Å²) < 4.78 is 3.30. The number of aromatic nitrogens is 4. The Kier molecular flexibility index (Phi) is 4.52. The monoisotopic (exact) mass is 289 g/mol. The molecule has 0 aliphatic carbocycles. The molecule has 0 radical (unpaired) electrons. The highest BCUT2D eigenvalue weighted by atomic mass is 16.2. The number of aryl methyl sites for hydroxylation is 2. The van der Waals surface area contributed by atoms with Crippen LogP contribution >= 0.6 is 0 Å². The number of amides is 1. The lowest BCUT2D eigenvalue weighted by molar-refractivity contribution is 0.0936. The van der Waals surface area contributed by atoms with Gasteiger partial charge in [-0.15, -0.1) is 10.2 Å². The van der Waals surface area contributed by atoms with Crippen LogP contribution in [0.25, 0.3) is 0 Å². The van der Waals surface area contributed by atoms with Crippen LogP contribution in [0.5, 0.6) is 0 Å². The van der Waals surface area contributed by atoms with E-state index in [1.54, 1.807) is 13.4 Å². The lowest BCUT2D eigenvalue weighted by Gasteiger charge is -2.14. The number of hydrogen-bond donors (Lipinski definition) is 1. The molecule has 0 spiro atoms. The minimum Gasteiger partial charge on any atom is -0.342 e. The summed E-state index contributed by atoms with van der Waals surface area (Å²) in [5, 5.41) is 10.8. The highest BCUT2D eigenvalue weighted by molar-refractivity contribution is 5.94. The second-order valence-corrected chi connectivity index (χ2v) is 4.94. The summed E-state index contributed by atoms with van der Waals surface area (Å²) in [6.07, 6.45) is 4.14. The zero-order chi connectivity index (χ0) is 15.4. The zero-order valence-corrected chi connectivity index (χ0v) is 12.4. The predicted octanol–water partition coefficient (Wildman–Crippen LogP) is 0.878. The summed E-state index contributed by atoms with van der Waals surface area (Å²) in [4.78, 5) is 23.5. The lowest BCUT2D eigenvalue weighted by Crippen LogP contribution is -2.30. The van der Waals surface area contributed by atoms with Gasteiger partial charge in [0.2, 0.25) is 5.56 Å². The van der Waals surface area contributed by atoms with Gasteiger partial charge in [-0.3, -0.25) is 9.59 Å². The van der Waals surface area contributed by atoms with Crippen LogP contribution in [0.3, 0.4) is 0 Å². The molecule has 0 aliphatic heterocycles. The van der Waals surface area contributed by atoms with Crippen molar-refractivity contribution in [3.63, 3.8) is 0 Å². The molecule has 2 aromatic heterocycles. The third-order valence-corrected chi connectivity index (χ3v) is 3.19. The van der Waals surface area contributed by atoms with Gasteiger partial charge in [0.05, 0.1) is 11.6 Å². The molecular weight excluding hydrogens is 270 g/mol. The molecule has 7 heteroatoms. The van der Waals surface area contributed by atoms with Gasteiger partial charge < -0.3 is 14.5 Å². The third kappa shape index (κ3) is 3.36. The standard InChI is InChI=1S/C14H19N5O2/c1-4-7-19-9-15-17-13(19)10(2)16-14(21)11-5-6-12(20)18(3)8-11/h5-6,8-10H,4,7H2,1-3H3,(H,16,21)/t10-/m0/s1. The molecule has 1 amide bonds. The highest BCUT2D eigenvalue weighted by Crippen LogP contribution is 2.10. The van der Waals surface area contributed by atoms with E-state index < -0.39 is 0 Å². The summed E-state index contributed by atoms with van der Waals surface area (Å²) in [7, 11) is 1.61. The fourth-order valence-electron chi connectivity index (χ4n) is 2.09. The van der Waals surface area contributed by atoms with Crippen LogP contribution in [0.2, 0.25) is 0 Å². The quantitative estimate of drug-likeness (QED) is 0.885. The van der Waals surface area contributed by atoms with E-state index in [-0.39, 0.29) is 17.5 Å². The maximum absolute atomic E-state index is 12.2. The summed E-state index contributed by atoms with van der Waals surface area (Å²) >= 11 is 0. The number of carbonyl (C=O) groups is 1. The first kappa shape index (κ1) is 15.0. The molecule has 0 bridgehead atoms. The first-order valence-corrected chi connectivity index (χ1v) is 6.88. The van der Waals surface area contributed by atoms with Crippen LogP contribution in [0, 0.1) is 0 Å². The molecule has 1 N–H and O–H groups in total. The van der Waals surface area contributed by atoms with Crippen molar-refractivity contribution in [3.8, 4) is 0 Å². The Morgan fingerprint density at radius 2 is 2.19 bits per heavy atom. The van der Waals surface area contributed by atoms with Crippen LogP contribution in [-0.2, 0) is 13.6 Å². The molecule has 0 unspecified atom stereocenters. The number of hydrogen-bond acceptors (Lipinski definition) is 4. The molecule has 2 aromatic rings. The average Bonchev–Trinajstić information content (AvgIpc) is 2.90. The van der Waals surface area contributed by atoms with Gasteiger partial charge in [0, 0.05) is 25.9 Å². The minimum atomic E-state index is -0.260. The van der Waals surface area contributed by atoms with Crippen molar-refractivity contribution in [2.45, 2.75) is 32.9 Å². The summed E-state index contributed by atoms with van der Waals surface area (Å²) in [5.41, 5.74) is 0.285. The number of nitrogens with one attached hydrogen (secondary N) is 1. The van der Waals surface area contributed by atoms with Gasteiger partial charge in [0.25, 0.3) is 5.91 Å². The van der Waals surface area contributed by atoms with Gasteiger partial charge in [-0.05, 0) is 19.4 Å². The van der Waals surface area contributed by atoms with E-state index in [9.17, 15) is 9.59 Å². The van der Waals surface area contributed by atoms with Crippen LogP contribution in [0.1, 0.15) is 42.5 Å². The maximum atomic E-state index is 12.2. The SMILES string of the molecule is CCCn1cnnc1[C@H](C)NC(=O)c1ccc(=O)n(C)c1. The Morgan fingerprint density at radius 3 is 2.86 bits per heavy atom. The Hall–Kier alpha value is -2.44. The Bertz CT molecular complexity index is 689. The predicted molar refractivity (Wildman–Crippen MR) is 77.9 cm³/mol. The average molecular weight is 289 g/mol. The number of rotatable bonds is 5. The molecule has 0 fully saturated rings. The Morgan fingerprint density at radius 1 is 1.43 bits per heavy atom. The first-order valence-electron chi connectivity index (χ1n) is 6.88. The zero-order valence-electron chi connectivity index (χ0n) is 12.4. The number of nitrogens with zero attached hydrogens (tertiary/aromatic N) is 4. The van der Waals surface area contributed by atoms with Gasteiger partial charge in [0.15, 0.2) is 5.82 Å².